The molecule has 0 unspecified atom stereocenters. The van der Waals surface area contributed by atoms with Crippen molar-refractivity contribution in [3.05, 3.63) is 253 Å². The third-order valence-corrected chi connectivity index (χ3v) is 14.7. The molecular formula is C64H38N4O. The van der Waals surface area contributed by atoms with Crippen LogP contribution in [0, 0.1) is 0 Å². The van der Waals surface area contributed by atoms with E-state index in [0.29, 0.717) is 17.6 Å². The van der Waals surface area contributed by atoms with Crippen molar-refractivity contribution in [1.29, 1.82) is 0 Å². The molecular weight excluding hydrogens is 841 g/mol. The van der Waals surface area contributed by atoms with Gasteiger partial charge in [-0.05, 0) is 97.6 Å². The van der Waals surface area contributed by atoms with Crippen LogP contribution in [-0.4, -0.2) is 19.5 Å². The number of rotatable bonds is 5. The summed E-state index contributed by atoms with van der Waals surface area (Å²) < 4.78 is 9.02. The lowest BCUT2D eigenvalue weighted by Gasteiger charge is -2.30. The van der Waals surface area contributed by atoms with Crippen LogP contribution in [0.2, 0.25) is 0 Å². The Hall–Kier alpha value is -9.19. The Morgan fingerprint density at radius 1 is 0.333 bits per heavy atom. The van der Waals surface area contributed by atoms with Crippen molar-refractivity contribution in [1.82, 2.24) is 19.5 Å². The highest BCUT2D eigenvalue weighted by Crippen LogP contribution is 2.64. The van der Waals surface area contributed by atoms with Gasteiger partial charge in [-0.1, -0.05) is 194 Å². The molecule has 1 spiro atoms. The van der Waals surface area contributed by atoms with Crippen LogP contribution >= 0.6 is 0 Å². The van der Waals surface area contributed by atoms with E-state index in [1.165, 1.54) is 55.6 Å². The molecule has 2 aliphatic rings. The lowest BCUT2D eigenvalue weighted by atomic mass is 9.70. The van der Waals surface area contributed by atoms with Gasteiger partial charge >= 0.3 is 0 Å². The van der Waals surface area contributed by atoms with E-state index >= 15 is 0 Å². The first kappa shape index (κ1) is 38.0. The smallest absolute Gasteiger partial charge is 0.238 e. The summed E-state index contributed by atoms with van der Waals surface area (Å²) in [6.45, 7) is 0. The molecule has 0 amide bonds. The minimum absolute atomic E-state index is 0.497. The molecule has 5 heteroatoms. The van der Waals surface area contributed by atoms with Gasteiger partial charge in [0.1, 0.15) is 11.2 Å². The normalized spacial score (nSPS) is 13.0. The van der Waals surface area contributed by atoms with Crippen molar-refractivity contribution >= 4 is 43.7 Å². The predicted molar refractivity (Wildman–Crippen MR) is 279 cm³/mol. The van der Waals surface area contributed by atoms with Crippen LogP contribution in [0.15, 0.2) is 235 Å². The number of nitrogens with zero attached hydrogens (tertiary/aromatic N) is 4. The highest BCUT2D eigenvalue weighted by molar-refractivity contribution is 6.16. The molecule has 69 heavy (non-hydrogen) atoms. The molecule has 10 aromatic carbocycles. The molecule has 0 aliphatic heterocycles. The average Bonchev–Trinajstić information content (AvgIpc) is 4.14. The second-order valence-corrected chi connectivity index (χ2v) is 18.2. The first-order valence-electron chi connectivity index (χ1n) is 23.5. The van der Waals surface area contributed by atoms with E-state index in [1.807, 2.05) is 18.2 Å². The van der Waals surface area contributed by atoms with Gasteiger partial charge in [0.05, 0.1) is 16.4 Å². The topological polar surface area (TPSA) is 56.7 Å². The number of furan rings is 1. The summed E-state index contributed by atoms with van der Waals surface area (Å²) in [5.41, 5.74) is 19.7. The van der Waals surface area contributed by atoms with Gasteiger partial charge in [-0.15, -0.1) is 0 Å². The zero-order chi connectivity index (χ0) is 45.2. The SMILES string of the molecule is c1ccc(-c2cccc(-c3ccc4c(c3)oc3cc(-c5nc(-c6ccccc6)nc(-n6c7ccccc7c7ccc8c(c76)-c6ccccc6C86c7ccccc7-c7ccccc76)n5)ccc34)c2)cc1. The second kappa shape index (κ2) is 14.4. The molecule has 3 aromatic heterocycles. The minimum Gasteiger partial charge on any atom is -0.456 e. The maximum atomic E-state index is 6.73. The number of para-hydroxylation sites is 1. The van der Waals surface area contributed by atoms with Gasteiger partial charge in [-0.25, -0.2) is 4.98 Å². The van der Waals surface area contributed by atoms with Gasteiger partial charge in [0, 0.05) is 38.2 Å². The molecule has 15 rings (SSSR count). The summed E-state index contributed by atoms with van der Waals surface area (Å²) in [6, 6.07) is 82.5. The Morgan fingerprint density at radius 3 is 1.55 bits per heavy atom. The third kappa shape index (κ3) is 5.38. The molecule has 0 bridgehead atoms. The highest BCUT2D eigenvalue weighted by Gasteiger charge is 2.52. The van der Waals surface area contributed by atoms with Gasteiger partial charge in [0.2, 0.25) is 5.95 Å². The highest BCUT2D eigenvalue weighted by atomic mass is 16.3. The Balaban J connectivity index is 0.945. The van der Waals surface area contributed by atoms with E-state index in [4.69, 9.17) is 19.4 Å². The van der Waals surface area contributed by atoms with E-state index in [9.17, 15) is 0 Å². The van der Waals surface area contributed by atoms with Gasteiger partial charge in [-0.2, -0.15) is 9.97 Å². The quantitative estimate of drug-likeness (QED) is 0.173. The largest absolute Gasteiger partial charge is 0.456 e. The molecule has 5 nitrogen and oxygen atoms in total. The Bertz CT molecular complexity index is 4210. The van der Waals surface area contributed by atoms with E-state index in [2.05, 4.69) is 217 Å². The molecule has 0 saturated heterocycles. The maximum Gasteiger partial charge on any atom is 0.238 e. The first-order chi connectivity index (χ1) is 34.2. The average molecular weight is 879 g/mol. The van der Waals surface area contributed by atoms with E-state index < -0.39 is 5.41 Å². The fraction of sp³-hybridized carbons (Fsp3) is 0.0156. The first-order valence-corrected chi connectivity index (χ1v) is 23.5. The third-order valence-electron chi connectivity index (χ3n) is 14.7. The van der Waals surface area contributed by atoms with Crippen molar-refractivity contribution in [2.75, 3.05) is 0 Å². The predicted octanol–water partition coefficient (Wildman–Crippen LogP) is 15.9. The molecule has 13 aromatic rings. The Morgan fingerprint density at radius 2 is 0.841 bits per heavy atom. The summed E-state index contributed by atoms with van der Waals surface area (Å²) in [5, 5.41) is 4.38. The van der Waals surface area contributed by atoms with E-state index in [-0.39, 0.29) is 0 Å². The van der Waals surface area contributed by atoms with Gasteiger partial charge in [0.25, 0.3) is 0 Å². The molecule has 3 heterocycles. The lowest BCUT2D eigenvalue weighted by molar-refractivity contribution is 0.669. The molecule has 0 N–H and O–H groups in total. The van der Waals surface area contributed by atoms with Gasteiger partial charge in [-0.3, -0.25) is 4.57 Å². The second-order valence-electron chi connectivity index (χ2n) is 18.2. The molecule has 0 fully saturated rings. The van der Waals surface area contributed by atoms with Crippen molar-refractivity contribution < 1.29 is 4.42 Å². The number of hydrogen-bond acceptors (Lipinski definition) is 4. The zero-order valence-corrected chi connectivity index (χ0v) is 37.1. The number of fused-ring (bicyclic) bond motifs is 17. The van der Waals surface area contributed by atoms with Crippen LogP contribution in [0.5, 0.6) is 0 Å². The number of hydrogen-bond donors (Lipinski definition) is 0. The van der Waals surface area contributed by atoms with Crippen LogP contribution in [0.25, 0.3) is 117 Å². The van der Waals surface area contributed by atoms with Crippen molar-refractivity contribution in [3.8, 4) is 73.2 Å². The van der Waals surface area contributed by atoms with Crippen LogP contribution < -0.4 is 0 Å². The fourth-order valence-electron chi connectivity index (χ4n) is 11.8. The van der Waals surface area contributed by atoms with Gasteiger partial charge < -0.3 is 4.42 Å². The van der Waals surface area contributed by atoms with Crippen molar-refractivity contribution in [2.45, 2.75) is 5.41 Å². The molecule has 0 atom stereocenters. The number of benzene rings is 10. The molecule has 320 valence electrons. The van der Waals surface area contributed by atoms with Crippen molar-refractivity contribution in [2.24, 2.45) is 0 Å². The van der Waals surface area contributed by atoms with Crippen LogP contribution in [0.4, 0.5) is 0 Å². The van der Waals surface area contributed by atoms with Crippen LogP contribution in [-0.2, 0) is 5.41 Å². The summed E-state index contributed by atoms with van der Waals surface area (Å²) >= 11 is 0. The molecule has 0 saturated carbocycles. The summed E-state index contributed by atoms with van der Waals surface area (Å²) in [7, 11) is 0. The standard InChI is InChI=1S/C64H38N4O/c1-3-16-39(17-4-1)41-20-15-21-42(36-41)43-30-32-48-49-33-31-44(38-58(49)69-57(48)37-43)62-65-61(40-18-5-2-6-19-40)66-63(67-62)68-56-29-14-10-24-47(56)50-34-35-55-59(60(50)68)51-25-9-13-28-54(51)64(55)52-26-11-7-22-45(52)46-23-8-12-27-53(46)64/h1-38H. The lowest BCUT2D eigenvalue weighted by Crippen LogP contribution is -2.25. The molecule has 0 radical (unpaired) electrons. The van der Waals surface area contributed by atoms with Crippen LogP contribution in [0.1, 0.15) is 22.3 Å². The maximum absolute atomic E-state index is 6.73. The number of aromatic nitrogens is 4. The summed E-state index contributed by atoms with van der Waals surface area (Å²) in [4.78, 5) is 16.1. The van der Waals surface area contributed by atoms with E-state index in [1.54, 1.807) is 0 Å². The monoisotopic (exact) mass is 878 g/mol. The fourth-order valence-corrected chi connectivity index (χ4v) is 11.8. The van der Waals surface area contributed by atoms with Gasteiger partial charge in [0.15, 0.2) is 11.6 Å². The Kier molecular flexibility index (Phi) is 7.93. The zero-order valence-electron chi connectivity index (χ0n) is 37.1. The summed E-state index contributed by atoms with van der Waals surface area (Å²) in [5.74, 6) is 1.71. The van der Waals surface area contributed by atoms with E-state index in [0.717, 1.165) is 66.0 Å². The van der Waals surface area contributed by atoms with Crippen molar-refractivity contribution in [3.63, 3.8) is 0 Å². The Labute approximate surface area is 397 Å². The summed E-state index contributed by atoms with van der Waals surface area (Å²) in [6.07, 6.45) is 0. The van der Waals surface area contributed by atoms with Crippen LogP contribution in [0.3, 0.4) is 0 Å². The molecule has 2 aliphatic carbocycles. The minimum atomic E-state index is -0.497.